The van der Waals surface area contributed by atoms with Crippen LogP contribution in [0.3, 0.4) is 0 Å². The summed E-state index contributed by atoms with van der Waals surface area (Å²) in [5.41, 5.74) is 3.33. The van der Waals surface area contributed by atoms with Gasteiger partial charge in [-0.1, -0.05) is 29.8 Å². The van der Waals surface area contributed by atoms with Gasteiger partial charge in [-0.3, -0.25) is 4.40 Å². The molecule has 4 rings (SSSR count). The molecule has 6 nitrogen and oxygen atoms in total. The molecule has 32 heavy (non-hydrogen) atoms. The molecule has 9 heteroatoms. The first-order valence-corrected chi connectivity index (χ1v) is 11.3. The van der Waals surface area contributed by atoms with Crippen molar-refractivity contribution >= 4 is 39.6 Å². The molecule has 0 unspecified atom stereocenters. The van der Waals surface area contributed by atoms with Crippen LogP contribution in [0.1, 0.15) is 5.69 Å². The van der Waals surface area contributed by atoms with Crippen LogP contribution in [0.15, 0.2) is 60.1 Å². The van der Waals surface area contributed by atoms with Crippen LogP contribution in [0.5, 0.6) is 0 Å². The average molecular weight is 473 g/mol. The van der Waals surface area contributed by atoms with Gasteiger partial charge in [-0.15, -0.1) is 11.3 Å². The Morgan fingerprint density at radius 3 is 2.81 bits per heavy atom. The fraction of sp³-hybridized carbons (Fsp3) is 0.217. The highest BCUT2D eigenvalue weighted by molar-refractivity contribution is 7.15. The molecule has 1 N–H and O–H groups in total. The molecule has 0 spiro atoms. The molecule has 2 amide bonds. The minimum Gasteiger partial charge on any atom is -0.383 e. The number of nitrogens with zero attached hydrogens (tertiary/aromatic N) is 3. The third kappa shape index (κ3) is 5.27. The number of aromatic nitrogens is 2. The van der Waals surface area contributed by atoms with Crippen molar-refractivity contribution in [2.24, 2.45) is 0 Å². The van der Waals surface area contributed by atoms with E-state index in [-0.39, 0.29) is 6.03 Å². The van der Waals surface area contributed by atoms with E-state index in [9.17, 15) is 9.18 Å². The van der Waals surface area contributed by atoms with E-state index in [1.807, 2.05) is 40.2 Å². The Labute approximate surface area is 194 Å². The van der Waals surface area contributed by atoms with Gasteiger partial charge in [-0.2, -0.15) is 0 Å². The number of anilines is 1. The lowest BCUT2D eigenvalue weighted by atomic mass is 10.2. The lowest BCUT2D eigenvalue weighted by Crippen LogP contribution is -2.38. The first-order valence-electron chi connectivity index (χ1n) is 10.1. The smallest absolute Gasteiger partial charge is 0.321 e. The van der Waals surface area contributed by atoms with Gasteiger partial charge in [0.15, 0.2) is 4.96 Å². The molecule has 0 saturated heterocycles. The first-order chi connectivity index (χ1) is 15.5. The summed E-state index contributed by atoms with van der Waals surface area (Å²) < 4.78 is 20.7. The maximum atomic E-state index is 13.4. The van der Waals surface area contributed by atoms with Crippen LogP contribution >= 0.6 is 22.9 Å². The summed E-state index contributed by atoms with van der Waals surface area (Å²) >= 11 is 7.54. The molecule has 2 aromatic carbocycles. The van der Waals surface area contributed by atoms with E-state index in [1.165, 1.54) is 12.1 Å². The lowest BCUT2D eigenvalue weighted by Gasteiger charge is -2.22. The normalized spacial score (nSPS) is 11.1. The molecule has 0 aliphatic rings. The number of imidazole rings is 1. The van der Waals surface area contributed by atoms with Gasteiger partial charge in [-0.05, 0) is 30.3 Å². The van der Waals surface area contributed by atoms with Crippen molar-refractivity contribution in [1.82, 2.24) is 14.3 Å². The standard InChI is InChI=1S/C23H22ClFN4O2S/c1-31-12-11-28(22(30)26-19-4-2-3-18(25)13-19)10-9-20-15-32-23-27-21(14-29(20)23)16-5-7-17(24)8-6-16/h2-8,13-15H,9-12H2,1H3,(H,26,30). The number of amides is 2. The molecular formula is C23H22ClFN4O2S. The van der Waals surface area contributed by atoms with E-state index in [1.54, 1.807) is 35.5 Å². The van der Waals surface area contributed by atoms with E-state index in [0.29, 0.717) is 36.8 Å². The van der Waals surface area contributed by atoms with Crippen LogP contribution in [-0.2, 0) is 11.2 Å². The minimum atomic E-state index is -0.400. The molecule has 2 aromatic heterocycles. The van der Waals surface area contributed by atoms with Gasteiger partial charge in [0.25, 0.3) is 0 Å². The topological polar surface area (TPSA) is 58.9 Å². The van der Waals surface area contributed by atoms with Gasteiger partial charge in [0.2, 0.25) is 0 Å². The molecule has 166 valence electrons. The van der Waals surface area contributed by atoms with Crippen LogP contribution in [-0.4, -0.2) is 47.1 Å². The average Bonchev–Trinajstić information content (AvgIpc) is 3.36. The van der Waals surface area contributed by atoms with Crippen molar-refractivity contribution in [3.05, 3.63) is 76.6 Å². The zero-order chi connectivity index (χ0) is 22.5. The molecule has 0 bridgehead atoms. The number of thiazole rings is 1. The van der Waals surface area contributed by atoms with Crippen molar-refractivity contribution in [2.75, 3.05) is 32.1 Å². The fourth-order valence-electron chi connectivity index (χ4n) is 3.30. The quantitative estimate of drug-likeness (QED) is 0.364. The Kier molecular flexibility index (Phi) is 7.04. The van der Waals surface area contributed by atoms with Crippen LogP contribution in [0, 0.1) is 5.82 Å². The van der Waals surface area contributed by atoms with Crippen LogP contribution in [0.4, 0.5) is 14.9 Å². The van der Waals surface area contributed by atoms with E-state index in [4.69, 9.17) is 21.3 Å². The maximum absolute atomic E-state index is 13.4. The van der Waals surface area contributed by atoms with E-state index < -0.39 is 5.82 Å². The molecule has 0 radical (unpaired) electrons. The number of urea groups is 1. The van der Waals surface area contributed by atoms with Gasteiger partial charge in [-0.25, -0.2) is 14.2 Å². The number of carbonyl (C=O) groups excluding carboxylic acids is 1. The zero-order valence-electron chi connectivity index (χ0n) is 17.4. The predicted octanol–water partition coefficient (Wildman–Crippen LogP) is 5.58. The highest BCUT2D eigenvalue weighted by atomic mass is 35.5. The lowest BCUT2D eigenvalue weighted by molar-refractivity contribution is 0.155. The first kappa shape index (κ1) is 22.3. The third-order valence-electron chi connectivity index (χ3n) is 4.99. The summed E-state index contributed by atoms with van der Waals surface area (Å²) in [6, 6.07) is 13.1. The van der Waals surface area contributed by atoms with Gasteiger partial charge in [0, 0.05) is 60.2 Å². The second-order valence-electron chi connectivity index (χ2n) is 7.18. The number of nitrogens with one attached hydrogen (secondary N) is 1. The molecular weight excluding hydrogens is 451 g/mol. The largest absolute Gasteiger partial charge is 0.383 e. The second kappa shape index (κ2) is 10.1. The highest BCUT2D eigenvalue weighted by Gasteiger charge is 2.16. The van der Waals surface area contributed by atoms with E-state index in [0.717, 1.165) is 21.9 Å². The Bertz CT molecular complexity index is 1210. The third-order valence-corrected chi connectivity index (χ3v) is 6.13. The van der Waals surface area contributed by atoms with Gasteiger partial charge < -0.3 is 15.0 Å². The van der Waals surface area contributed by atoms with Crippen LogP contribution in [0.2, 0.25) is 5.02 Å². The number of ether oxygens (including phenoxy) is 1. The summed E-state index contributed by atoms with van der Waals surface area (Å²) in [6.07, 6.45) is 2.63. The summed E-state index contributed by atoms with van der Waals surface area (Å²) in [7, 11) is 1.59. The second-order valence-corrected chi connectivity index (χ2v) is 8.46. The molecule has 2 heterocycles. The summed E-state index contributed by atoms with van der Waals surface area (Å²) in [5.74, 6) is -0.400. The van der Waals surface area contributed by atoms with Gasteiger partial charge >= 0.3 is 6.03 Å². The monoisotopic (exact) mass is 472 g/mol. The van der Waals surface area contributed by atoms with Crippen molar-refractivity contribution in [2.45, 2.75) is 6.42 Å². The number of halogens is 2. The van der Waals surface area contributed by atoms with Crippen molar-refractivity contribution in [3.8, 4) is 11.3 Å². The predicted molar refractivity (Wildman–Crippen MR) is 126 cm³/mol. The molecule has 4 aromatic rings. The summed E-state index contributed by atoms with van der Waals surface area (Å²) in [6.45, 7) is 1.30. The van der Waals surface area contributed by atoms with Gasteiger partial charge in [0.1, 0.15) is 5.82 Å². The zero-order valence-corrected chi connectivity index (χ0v) is 19.0. The number of carbonyl (C=O) groups is 1. The van der Waals surface area contributed by atoms with Crippen molar-refractivity contribution in [1.29, 1.82) is 0 Å². The number of hydrogen-bond donors (Lipinski definition) is 1. The summed E-state index contributed by atoms with van der Waals surface area (Å²) in [4.78, 5) is 20.0. The Balaban J connectivity index is 1.47. The maximum Gasteiger partial charge on any atom is 0.321 e. The number of rotatable bonds is 8. The molecule has 0 saturated carbocycles. The summed E-state index contributed by atoms with van der Waals surface area (Å²) in [5, 5.41) is 5.49. The van der Waals surface area contributed by atoms with Crippen molar-refractivity contribution < 1.29 is 13.9 Å². The van der Waals surface area contributed by atoms with Crippen LogP contribution < -0.4 is 5.32 Å². The molecule has 0 atom stereocenters. The van der Waals surface area contributed by atoms with Crippen molar-refractivity contribution in [3.63, 3.8) is 0 Å². The number of benzene rings is 2. The van der Waals surface area contributed by atoms with Crippen LogP contribution in [0.25, 0.3) is 16.2 Å². The Morgan fingerprint density at radius 1 is 1.25 bits per heavy atom. The fourth-order valence-corrected chi connectivity index (χ4v) is 4.34. The van der Waals surface area contributed by atoms with E-state index in [2.05, 4.69) is 5.32 Å². The number of methoxy groups -OCH3 is 1. The number of fused-ring (bicyclic) bond motifs is 1. The SMILES string of the molecule is COCCN(CCc1csc2nc(-c3ccc(Cl)cc3)cn12)C(=O)Nc1cccc(F)c1. The molecule has 0 fully saturated rings. The Morgan fingerprint density at radius 2 is 2.06 bits per heavy atom. The number of hydrogen-bond acceptors (Lipinski definition) is 4. The van der Waals surface area contributed by atoms with E-state index >= 15 is 0 Å². The van der Waals surface area contributed by atoms with Gasteiger partial charge in [0.05, 0.1) is 12.3 Å². The molecule has 0 aliphatic carbocycles. The Hall–Kier alpha value is -2.94. The minimum absolute atomic E-state index is 0.299. The highest BCUT2D eigenvalue weighted by Crippen LogP contribution is 2.25. The molecule has 0 aliphatic heterocycles.